The third-order valence-electron chi connectivity index (χ3n) is 6.12. The second-order valence-corrected chi connectivity index (χ2v) is 8.67. The minimum atomic E-state index is -1.53. The van der Waals surface area contributed by atoms with Crippen LogP contribution < -0.4 is 15.0 Å². The van der Waals surface area contributed by atoms with Crippen molar-refractivity contribution in [3.8, 4) is 6.01 Å². The topological polar surface area (TPSA) is 123 Å². The van der Waals surface area contributed by atoms with Crippen molar-refractivity contribution >= 4 is 17.6 Å². The number of carboxylic acid groups (broad SMARTS) is 1. The lowest BCUT2D eigenvalue weighted by Gasteiger charge is -2.39. The number of hydrogen-bond acceptors (Lipinski definition) is 8. The van der Waals surface area contributed by atoms with Gasteiger partial charge in [0.2, 0.25) is 12.0 Å². The molecule has 1 amide bonds. The predicted molar refractivity (Wildman–Crippen MR) is 135 cm³/mol. The van der Waals surface area contributed by atoms with E-state index in [2.05, 4.69) is 15.3 Å². The molecular weight excluding hydrogens is 476 g/mol. The van der Waals surface area contributed by atoms with Gasteiger partial charge in [-0.15, -0.1) is 0 Å². The average molecular weight is 507 g/mol. The number of aromatic nitrogens is 2. The second kappa shape index (κ2) is 11.5. The van der Waals surface area contributed by atoms with Crippen molar-refractivity contribution in [1.82, 2.24) is 15.3 Å². The van der Waals surface area contributed by atoms with Crippen molar-refractivity contribution in [3.05, 3.63) is 83.2 Å². The minimum absolute atomic E-state index is 0.0233. The van der Waals surface area contributed by atoms with Gasteiger partial charge in [0.05, 0.1) is 25.4 Å². The van der Waals surface area contributed by atoms with Crippen LogP contribution in [0.3, 0.4) is 0 Å². The number of aliphatic carboxylic acids is 1. The summed E-state index contributed by atoms with van der Waals surface area (Å²) in [5, 5.41) is 13.8. The van der Waals surface area contributed by atoms with Crippen molar-refractivity contribution < 1.29 is 28.9 Å². The van der Waals surface area contributed by atoms with Gasteiger partial charge >= 0.3 is 12.0 Å². The number of benzene rings is 2. The molecule has 3 aromatic rings. The quantitative estimate of drug-likeness (QED) is 0.399. The largest absolute Gasteiger partial charge is 0.478 e. The Morgan fingerprint density at radius 2 is 1.76 bits per heavy atom. The van der Waals surface area contributed by atoms with E-state index >= 15 is 0 Å². The third kappa shape index (κ3) is 5.46. The monoisotopic (exact) mass is 506 g/mol. The highest BCUT2D eigenvalue weighted by Gasteiger charge is 2.52. The maximum absolute atomic E-state index is 13.3. The number of carbonyl (C=O) groups excluding carboxylic acids is 1. The number of rotatable bonds is 10. The molecule has 1 aliphatic rings. The lowest BCUT2D eigenvalue weighted by atomic mass is 9.77. The van der Waals surface area contributed by atoms with Gasteiger partial charge in [-0.2, -0.15) is 0 Å². The van der Waals surface area contributed by atoms with Gasteiger partial charge in [-0.05, 0) is 31.5 Å². The van der Waals surface area contributed by atoms with Crippen LogP contribution in [-0.2, 0) is 24.6 Å². The first-order valence-electron chi connectivity index (χ1n) is 11.9. The summed E-state index contributed by atoms with van der Waals surface area (Å²) >= 11 is 0. The number of hydrogen-bond donors (Lipinski definition) is 2. The first-order chi connectivity index (χ1) is 17.9. The number of aryl methyl sites for hydroxylation is 2. The Kier molecular flexibility index (Phi) is 8.12. The summed E-state index contributed by atoms with van der Waals surface area (Å²) in [6.07, 6.45) is -1.53. The molecule has 0 saturated heterocycles. The van der Waals surface area contributed by atoms with Crippen molar-refractivity contribution in [2.24, 2.45) is 0 Å². The number of ether oxygens (including phenoxy) is 3. The molecule has 10 heteroatoms. The number of para-hydroxylation sites is 1. The number of anilines is 1. The molecule has 194 valence electrons. The Hall–Kier alpha value is -3.86. The molecule has 37 heavy (non-hydrogen) atoms. The van der Waals surface area contributed by atoms with E-state index in [0.717, 1.165) is 0 Å². The summed E-state index contributed by atoms with van der Waals surface area (Å²) in [5.74, 6) is -1.53. The highest BCUT2D eigenvalue weighted by Crippen LogP contribution is 2.42. The van der Waals surface area contributed by atoms with Crippen LogP contribution in [0.15, 0.2) is 60.7 Å². The fraction of sp³-hybridized carbons (Fsp3) is 0.333. The van der Waals surface area contributed by atoms with E-state index in [0.29, 0.717) is 41.4 Å². The molecule has 0 fully saturated rings. The fourth-order valence-corrected chi connectivity index (χ4v) is 4.54. The Labute approximate surface area is 215 Å². The number of methoxy groups -OCH3 is 1. The van der Waals surface area contributed by atoms with Gasteiger partial charge in [0.25, 0.3) is 0 Å². The normalized spacial score (nSPS) is 18.1. The Morgan fingerprint density at radius 3 is 2.43 bits per heavy atom. The molecule has 1 aliphatic heterocycles. The first-order valence-corrected chi connectivity index (χ1v) is 11.9. The lowest BCUT2D eigenvalue weighted by molar-refractivity contribution is -0.149. The standard InChI is InChI=1S/C27H30N4O6/c1-18-15-19(2)30-26(29-18)37-24(25(33)34)27(20-9-5-4-6-10-20)21-11-7-8-12-22(21)31(23(32)16-28-27)17-36-14-13-35-3/h4-12,15,24,28H,13-14,16-17H2,1-3H3,(H,33,34)/t24-,27+/m1/s1. The maximum atomic E-state index is 13.3. The van der Waals surface area contributed by atoms with E-state index in [1.807, 2.05) is 18.2 Å². The van der Waals surface area contributed by atoms with Crippen molar-refractivity contribution in [3.63, 3.8) is 0 Å². The first kappa shape index (κ1) is 26.2. The van der Waals surface area contributed by atoms with Gasteiger partial charge in [-0.25, -0.2) is 14.8 Å². The van der Waals surface area contributed by atoms with Crippen LogP contribution in [-0.4, -0.2) is 66.7 Å². The number of carbonyl (C=O) groups is 2. The molecule has 2 N–H and O–H groups in total. The van der Waals surface area contributed by atoms with Gasteiger partial charge < -0.3 is 19.3 Å². The van der Waals surface area contributed by atoms with E-state index in [4.69, 9.17) is 14.2 Å². The molecular formula is C27H30N4O6. The summed E-state index contributed by atoms with van der Waals surface area (Å²) in [5.41, 5.74) is 1.47. The number of amides is 1. The highest BCUT2D eigenvalue weighted by atomic mass is 16.5. The molecule has 2 aromatic carbocycles. The van der Waals surface area contributed by atoms with Crippen molar-refractivity contribution in [2.75, 3.05) is 38.5 Å². The van der Waals surface area contributed by atoms with E-state index in [9.17, 15) is 14.7 Å². The maximum Gasteiger partial charge on any atom is 0.347 e. The Morgan fingerprint density at radius 1 is 1.08 bits per heavy atom. The number of nitrogens with one attached hydrogen (secondary N) is 1. The molecule has 1 aromatic heterocycles. The molecule has 0 radical (unpaired) electrons. The molecule has 0 spiro atoms. The zero-order valence-corrected chi connectivity index (χ0v) is 21.0. The lowest BCUT2D eigenvalue weighted by Crippen LogP contribution is -2.58. The Balaban J connectivity index is 1.89. The smallest absolute Gasteiger partial charge is 0.347 e. The summed E-state index contributed by atoms with van der Waals surface area (Å²) in [6.45, 7) is 4.04. The molecule has 2 heterocycles. The molecule has 0 aliphatic carbocycles. The van der Waals surface area contributed by atoms with Crippen LogP contribution in [0.25, 0.3) is 0 Å². The zero-order chi connectivity index (χ0) is 26.4. The van der Waals surface area contributed by atoms with Crippen molar-refractivity contribution in [2.45, 2.75) is 25.5 Å². The summed E-state index contributed by atoms with van der Waals surface area (Å²) in [4.78, 5) is 36.4. The van der Waals surface area contributed by atoms with Crippen LogP contribution in [0.2, 0.25) is 0 Å². The van der Waals surface area contributed by atoms with Crippen LogP contribution in [0.4, 0.5) is 5.69 Å². The van der Waals surface area contributed by atoms with E-state index in [1.165, 1.54) is 4.90 Å². The van der Waals surface area contributed by atoms with E-state index in [1.54, 1.807) is 63.4 Å². The molecule has 2 atom stereocenters. The summed E-state index contributed by atoms with van der Waals surface area (Å²) in [6, 6.07) is 17.9. The van der Waals surface area contributed by atoms with E-state index in [-0.39, 0.29) is 25.2 Å². The fourth-order valence-electron chi connectivity index (χ4n) is 4.54. The summed E-state index contributed by atoms with van der Waals surface area (Å²) in [7, 11) is 1.57. The van der Waals surface area contributed by atoms with E-state index < -0.39 is 17.6 Å². The van der Waals surface area contributed by atoms with Crippen LogP contribution >= 0.6 is 0 Å². The second-order valence-electron chi connectivity index (χ2n) is 8.67. The molecule has 0 bridgehead atoms. The van der Waals surface area contributed by atoms with Gasteiger partial charge in [-0.3, -0.25) is 15.0 Å². The van der Waals surface area contributed by atoms with Gasteiger partial charge in [-0.1, -0.05) is 48.5 Å². The van der Waals surface area contributed by atoms with Gasteiger partial charge in [0.1, 0.15) is 12.3 Å². The Bertz CT molecular complexity index is 1230. The van der Waals surface area contributed by atoms with Crippen LogP contribution in [0.5, 0.6) is 6.01 Å². The zero-order valence-electron chi connectivity index (χ0n) is 21.0. The molecule has 4 rings (SSSR count). The number of carboxylic acids is 1. The summed E-state index contributed by atoms with van der Waals surface area (Å²) < 4.78 is 16.8. The molecule has 0 unspecified atom stereocenters. The molecule has 0 saturated carbocycles. The average Bonchev–Trinajstić information content (AvgIpc) is 3.00. The third-order valence-corrected chi connectivity index (χ3v) is 6.12. The van der Waals surface area contributed by atoms with Crippen LogP contribution in [0.1, 0.15) is 22.5 Å². The van der Waals surface area contributed by atoms with Crippen LogP contribution in [0, 0.1) is 13.8 Å². The van der Waals surface area contributed by atoms with Gasteiger partial charge in [0.15, 0.2) is 0 Å². The van der Waals surface area contributed by atoms with Crippen molar-refractivity contribution in [1.29, 1.82) is 0 Å². The SMILES string of the molecule is COCCOCN1C(=O)CN[C@](c2ccccc2)([C@H](Oc2nc(C)cc(C)n2)C(=O)O)c2ccccc21. The number of fused-ring (bicyclic) bond motifs is 1. The highest BCUT2D eigenvalue weighted by molar-refractivity contribution is 5.97. The predicted octanol–water partition coefficient (Wildman–Crippen LogP) is 2.43. The molecule has 10 nitrogen and oxygen atoms in total. The minimum Gasteiger partial charge on any atom is -0.478 e. The number of nitrogens with zero attached hydrogens (tertiary/aromatic N) is 3. The van der Waals surface area contributed by atoms with Gasteiger partial charge in [0, 0.05) is 24.1 Å².